The van der Waals surface area contributed by atoms with Gasteiger partial charge in [0.15, 0.2) is 0 Å². The van der Waals surface area contributed by atoms with Gasteiger partial charge in [-0.3, -0.25) is 0 Å². The summed E-state index contributed by atoms with van der Waals surface area (Å²) in [4.78, 5) is 0. The maximum Gasteiger partial charge on any atom is 0.0783 e. The molecule has 4 atom stereocenters. The second-order valence-electron chi connectivity index (χ2n) is 6.03. The molecule has 3 heterocycles. The molecule has 3 aliphatic rings. The van der Waals surface area contributed by atoms with E-state index in [4.69, 9.17) is 9.47 Å². The topological polar surface area (TPSA) is 30.5 Å². The van der Waals surface area contributed by atoms with Crippen molar-refractivity contribution in [3.63, 3.8) is 0 Å². The molecule has 3 nitrogen and oxygen atoms in total. The van der Waals surface area contributed by atoms with Crippen LogP contribution in [0.25, 0.3) is 0 Å². The van der Waals surface area contributed by atoms with Crippen LogP contribution in [-0.4, -0.2) is 50.0 Å². The van der Waals surface area contributed by atoms with E-state index in [1.54, 1.807) is 0 Å². The van der Waals surface area contributed by atoms with Crippen molar-refractivity contribution in [2.45, 2.75) is 37.3 Å². The molecule has 0 aliphatic carbocycles. The Labute approximate surface area is 114 Å². The molecule has 3 rings (SSSR count). The van der Waals surface area contributed by atoms with Crippen molar-refractivity contribution in [2.75, 3.05) is 38.4 Å². The number of thioether (sulfide) groups is 1. The maximum absolute atomic E-state index is 6.13. The van der Waals surface area contributed by atoms with Gasteiger partial charge in [-0.25, -0.2) is 0 Å². The lowest BCUT2D eigenvalue weighted by Crippen LogP contribution is -2.49. The normalized spacial score (nSPS) is 42.5. The van der Waals surface area contributed by atoms with E-state index in [9.17, 15) is 0 Å². The van der Waals surface area contributed by atoms with E-state index in [1.807, 2.05) is 0 Å². The Morgan fingerprint density at radius 3 is 2.83 bits per heavy atom. The molecule has 4 unspecified atom stereocenters. The van der Waals surface area contributed by atoms with Crippen LogP contribution in [0.5, 0.6) is 0 Å². The van der Waals surface area contributed by atoms with Crippen LogP contribution in [0, 0.1) is 11.8 Å². The van der Waals surface area contributed by atoms with Gasteiger partial charge in [0.1, 0.15) is 0 Å². The lowest BCUT2D eigenvalue weighted by atomic mass is 9.77. The molecular weight excluding hydrogens is 246 g/mol. The molecule has 0 radical (unpaired) electrons. The highest BCUT2D eigenvalue weighted by Crippen LogP contribution is 2.42. The third-order valence-corrected chi connectivity index (χ3v) is 6.14. The highest BCUT2D eigenvalue weighted by Gasteiger charge is 2.43. The van der Waals surface area contributed by atoms with Gasteiger partial charge in [0.05, 0.1) is 12.2 Å². The van der Waals surface area contributed by atoms with Crippen LogP contribution in [0.1, 0.15) is 25.7 Å². The minimum atomic E-state index is 0.210. The summed E-state index contributed by atoms with van der Waals surface area (Å²) in [7, 11) is 2.12. The zero-order chi connectivity index (χ0) is 12.4. The van der Waals surface area contributed by atoms with Gasteiger partial charge in [-0.2, -0.15) is 11.8 Å². The lowest BCUT2D eigenvalue weighted by Gasteiger charge is -2.42. The molecule has 0 aromatic rings. The first kappa shape index (κ1) is 13.2. The number of hydrogen-bond donors (Lipinski definition) is 1. The van der Waals surface area contributed by atoms with Gasteiger partial charge in [0.2, 0.25) is 0 Å². The van der Waals surface area contributed by atoms with Crippen LogP contribution >= 0.6 is 11.8 Å². The largest absolute Gasteiger partial charge is 0.381 e. The number of hydrogen-bond acceptors (Lipinski definition) is 4. The van der Waals surface area contributed by atoms with Crippen LogP contribution in [0.15, 0.2) is 0 Å². The Kier molecular flexibility index (Phi) is 4.18. The summed E-state index contributed by atoms with van der Waals surface area (Å²) in [6.45, 7) is 2.86. The van der Waals surface area contributed by atoms with Crippen molar-refractivity contribution in [2.24, 2.45) is 11.8 Å². The van der Waals surface area contributed by atoms with Gasteiger partial charge in [-0.1, -0.05) is 0 Å². The van der Waals surface area contributed by atoms with Gasteiger partial charge in [0.25, 0.3) is 0 Å². The van der Waals surface area contributed by atoms with E-state index in [-0.39, 0.29) is 5.60 Å². The summed E-state index contributed by atoms with van der Waals surface area (Å²) >= 11 is 2.06. The quantitative estimate of drug-likeness (QED) is 0.849. The van der Waals surface area contributed by atoms with Crippen LogP contribution < -0.4 is 5.32 Å². The van der Waals surface area contributed by atoms with E-state index < -0.39 is 0 Å². The monoisotopic (exact) mass is 271 g/mol. The Morgan fingerprint density at radius 2 is 2.17 bits per heavy atom. The van der Waals surface area contributed by atoms with Crippen LogP contribution in [0.2, 0.25) is 0 Å². The third kappa shape index (κ3) is 2.58. The minimum Gasteiger partial charge on any atom is -0.381 e. The average Bonchev–Trinajstić information content (AvgIpc) is 3.03. The number of ether oxygens (including phenoxy) is 2. The fraction of sp³-hybridized carbons (Fsp3) is 1.00. The molecule has 0 aromatic heterocycles. The standard InChI is InChI=1S/C14H25NO2S/c1-15-13(12-2-5-16-9-12)11-3-6-17-14(8-11)4-7-18-10-14/h11-13,15H,2-10H2,1H3. The van der Waals surface area contributed by atoms with Crippen molar-refractivity contribution in [1.29, 1.82) is 0 Å². The van der Waals surface area contributed by atoms with Crippen molar-refractivity contribution in [3.8, 4) is 0 Å². The minimum absolute atomic E-state index is 0.210. The van der Waals surface area contributed by atoms with Crippen molar-refractivity contribution in [1.82, 2.24) is 5.32 Å². The zero-order valence-corrected chi connectivity index (χ0v) is 12.1. The van der Waals surface area contributed by atoms with E-state index in [0.717, 1.165) is 25.7 Å². The molecule has 104 valence electrons. The number of nitrogens with one attached hydrogen (secondary N) is 1. The maximum atomic E-state index is 6.13. The van der Waals surface area contributed by atoms with Gasteiger partial charge in [0, 0.05) is 30.9 Å². The van der Waals surface area contributed by atoms with Gasteiger partial charge in [-0.05, 0) is 44.4 Å². The molecule has 0 saturated carbocycles. The van der Waals surface area contributed by atoms with Crippen LogP contribution in [-0.2, 0) is 9.47 Å². The highest BCUT2D eigenvalue weighted by molar-refractivity contribution is 7.99. The fourth-order valence-electron chi connectivity index (χ4n) is 3.93. The molecule has 1 N–H and O–H groups in total. The Hall–Kier alpha value is 0.230. The Morgan fingerprint density at radius 1 is 1.28 bits per heavy atom. The van der Waals surface area contributed by atoms with Gasteiger partial charge < -0.3 is 14.8 Å². The smallest absolute Gasteiger partial charge is 0.0783 e. The summed E-state index contributed by atoms with van der Waals surface area (Å²) in [5.74, 6) is 3.98. The second kappa shape index (κ2) is 5.70. The molecule has 4 heteroatoms. The predicted molar refractivity (Wildman–Crippen MR) is 75.1 cm³/mol. The highest BCUT2D eigenvalue weighted by atomic mass is 32.2. The van der Waals surface area contributed by atoms with E-state index in [2.05, 4.69) is 24.1 Å². The molecule has 18 heavy (non-hydrogen) atoms. The van der Waals surface area contributed by atoms with Crippen molar-refractivity contribution < 1.29 is 9.47 Å². The molecule has 1 spiro atoms. The fourth-order valence-corrected chi connectivity index (χ4v) is 5.31. The summed E-state index contributed by atoms with van der Waals surface area (Å²) in [6.07, 6.45) is 4.95. The first-order valence-corrected chi connectivity index (χ1v) is 8.45. The molecule has 0 amide bonds. The van der Waals surface area contributed by atoms with E-state index in [1.165, 1.54) is 37.2 Å². The van der Waals surface area contributed by atoms with E-state index in [0.29, 0.717) is 12.0 Å². The lowest BCUT2D eigenvalue weighted by molar-refractivity contribution is -0.0880. The molecule has 3 fully saturated rings. The summed E-state index contributed by atoms with van der Waals surface area (Å²) < 4.78 is 11.7. The SMILES string of the molecule is CNC(C1CCOC1)C1CCOC2(CCSC2)C1. The number of rotatable bonds is 3. The van der Waals surface area contributed by atoms with Crippen LogP contribution in [0.3, 0.4) is 0 Å². The summed E-state index contributed by atoms with van der Waals surface area (Å²) in [5.41, 5.74) is 0.210. The first-order valence-electron chi connectivity index (χ1n) is 7.30. The van der Waals surface area contributed by atoms with Gasteiger partial charge >= 0.3 is 0 Å². The molecule has 0 aromatic carbocycles. The molecule has 0 bridgehead atoms. The van der Waals surface area contributed by atoms with Crippen molar-refractivity contribution in [3.05, 3.63) is 0 Å². The zero-order valence-electron chi connectivity index (χ0n) is 11.3. The Bertz CT molecular complexity index is 275. The third-order valence-electron chi connectivity index (χ3n) is 4.91. The predicted octanol–water partition coefficient (Wildman–Crippen LogP) is 1.91. The van der Waals surface area contributed by atoms with Crippen molar-refractivity contribution >= 4 is 11.8 Å². The summed E-state index contributed by atoms with van der Waals surface area (Å²) in [5, 5.41) is 3.58. The second-order valence-corrected chi connectivity index (χ2v) is 7.13. The van der Waals surface area contributed by atoms with Gasteiger partial charge in [-0.15, -0.1) is 0 Å². The first-order chi connectivity index (χ1) is 8.83. The molecule has 3 saturated heterocycles. The molecular formula is C14H25NO2S. The summed E-state index contributed by atoms with van der Waals surface area (Å²) in [6, 6.07) is 0.624. The van der Waals surface area contributed by atoms with Crippen LogP contribution in [0.4, 0.5) is 0 Å². The molecule has 3 aliphatic heterocycles. The Balaban J connectivity index is 1.66. The average molecular weight is 271 g/mol. The van der Waals surface area contributed by atoms with E-state index >= 15 is 0 Å².